The van der Waals surface area contributed by atoms with Crippen LogP contribution in [0, 0.1) is 0 Å². The van der Waals surface area contributed by atoms with Gasteiger partial charge in [0.05, 0.1) is 5.56 Å². The second kappa shape index (κ2) is 11.3. The second-order valence-electron chi connectivity index (χ2n) is 7.22. The molecule has 1 aromatic carbocycles. The van der Waals surface area contributed by atoms with Crippen LogP contribution in [0.1, 0.15) is 24.0 Å². The smallest absolute Gasteiger partial charge is 0.356 e. The monoisotopic (exact) mass is 399 g/mol. The van der Waals surface area contributed by atoms with E-state index in [2.05, 4.69) is 32.5 Å². The highest BCUT2D eigenvalue weighted by Gasteiger charge is 2.29. The number of unbranched alkanes of at least 4 members (excludes halogenated alkanes) is 1. The number of aliphatic imine (C=N–C) groups is 1. The molecule has 1 heterocycles. The number of likely N-dealkylation sites (N-methyl/N-ethyl adjacent to an activating group) is 1. The third-order valence-electron chi connectivity index (χ3n) is 5.00. The van der Waals surface area contributed by atoms with E-state index in [4.69, 9.17) is 0 Å². The molecule has 1 aliphatic heterocycles. The van der Waals surface area contributed by atoms with Crippen LogP contribution in [0.4, 0.5) is 13.2 Å². The second-order valence-corrected chi connectivity index (χ2v) is 7.22. The first-order valence-electron chi connectivity index (χ1n) is 9.90. The summed E-state index contributed by atoms with van der Waals surface area (Å²) in [6.07, 6.45) is -1.42. The number of piperazine rings is 1. The molecular weight excluding hydrogens is 367 g/mol. The molecule has 0 aromatic heterocycles. The first-order chi connectivity index (χ1) is 13.4. The number of nitrogens with one attached hydrogen (secondary N) is 2. The quantitative estimate of drug-likeness (QED) is 0.400. The van der Waals surface area contributed by atoms with Crippen LogP contribution in [0.2, 0.25) is 0 Å². The highest BCUT2D eigenvalue weighted by atomic mass is 19.4. The van der Waals surface area contributed by atoms with E-state index < -0.39 is 11.7 Å². The van der Waals surface area contributed by atoms with Crippen LogP contribution >= 0.6 is 0 Å². The van der Waals surface area contributed by atoms with E-state index in [0.29, 0.717) is 13.0 Å². The maximum absolute atomic E-state index is 12.6. The molecule has 0 aliphatic carbocycles. The minimum absolute atomic E-state index is 0.613. The summed E-state index contributed by atoms with van der Waals surface area (Å²) >= 11 is 0. The van der Waals surface area contributed by atoms with Crippen molar-refractivity contribution >= 4 is 5.96 Å². The van der Waals surface area contributed by atoms with Gasteiger partial charge in [0.25, 0.3) is 0 Å². The average molecular weight is 400 g/mol. The predicted octanol–water partition coefficient (Wildman–Crippen LogP) is 2.44. The molecule has 5 nitrogen and oxygen atoms in total. The molecule has 1 aromatic rings. The van der Waals surface area contributed by atoms with Crippen molar-refractivity contribution in [2.45, 2.75) is 25.4 Å². The fourth-order valence-corrected chi connectivity index (χ4v) is 3.14. The summed E-state index contributed by atoms with van der Waals surface area (Å²) < 4.78 is 37.7. The zero-order chi connectivity index (χ0) is 20.4. The summed E-state index contributed by atoms with van der Waals surface area (Å²) in [5.41, 5.74) is 0.251. The van der Waals surface area contributed by atoms with Gasteiger partial charge in [-0.1, -0.05) is 12.1 Å². The van der Waals surface area contributed by atoms with Crippen LogP contribution in [0.25, 0.3) is 0 Å². The van der Waals surface area contributed by atoms with E-state index in [-0.39, 0.29) is 0 Å². The summed E-state index contributed by atoms with van der Waals surface area (Å²) in [5.74, 6) is 0.728. The van der Waals surface area contributed by atoms with Crippen molar-refractivity contribution in [1.29, 1.82) is 0 Å². The molecule has 0 unspecified atom stereocenters. The van der Waals surface area contributed by atoms with Gasteiger partial charge in [0.2, 0.25) is 0 Å². The summed E-state index contributed by atoms with van der Waals surface area (Å²) in [4.78, 5) is 9.06. The van der Waals surface area contributed by atoms with Crippen LogP contribution in [0.15, 0.2) is 29.3 Å². The van der Waals surface area contributed by atoms with Gasteiger partial charge in [-0.2, -0.15) is 13.2 Å². The highest BCUT2D eigenvalue weighted by molar-refractivity contribution is 5.79. The fraction of sp³-hybridized carbons (Fsp3) is 0.650. The van der Waals surface area contributed by atoms with E-state index in [1.54, 1.807) is 7.05 Å². The highest BCUT2D eigenvalue weighted by Crippen LogP contribution is 2.29. The number of alkyl halides is 3. The number of rotatable bonds is 8. The Hall–Kier alpha value is -1.80. The topological polar surface area (TPSA) is 42.9 Å². The van der Waals surface area contributed by atoms with Gasteiger partial charge >= 0.3 is 6.18 Å². The van der Waals surface area contributed by atoms with Gasteiger partial charge in [-0.05, 0) is 50.6 Å². The SMILES string of the molecule is CN=C(NCCCCN1CCN(C)CC1)NCCc1ccc(C(F)(F)F)cc1. The Morgan fingerprint density at radius 1 is 1.00 bits per heavy atom. The number of hydrogen-bond acceptors (Lipinski definition) is 3. The fourth-order valence-electron chi connectivity index (χ4n) is 3.14. The van der Waals surface area contributed by atoms with Crippen molar-refractivity contribution in [1.82, 2.24) is 20.4 Å². The summed E-state index contributed by atoms with van der Waals surface area (Å²) in [7, 11) is 3.88. The molecule has 28 heavy (non-hydrogen) atoms. The number of nitrogens with zero attached hydrogens (tertiary/aromatic N) is 3. The summed E-state index contributed by atoms with van der Waals surface area (Å²) in [6, 6.07) is 5.31. The van der Waals surface area contributed by atoms with Crippen molar-refractivity contribution in [2.75, 3.05) is 59.9 Å². The number of halogens is 3. The summed E-state index contributed by atoms with van der Waals surface area (Å²) in [5, 5.41) is 6.50. The number of benzene rings is 1. The van der Waals surface area contributed by atoms with Crippen LogP contribution in [0.3, 0.4) is 0 Å². The Kier molecular flexibility index (Phi) is 9.05. The van der Waals surface area contributed by atoms with Crippen LogP contribution in [-0.2, 0) is 12.6 Å². The Morgan fingerprint density at radius 2 is 1.64 bits per heavy atom. The molecular formula is C20H32F3N5. The molecule has 2 N–H and O–H groups in total. The van der Waals surface area contributed by atoms with Crippen molar-refractivity contribution < 1.29 is 13.2 Å². The van der Waals surface area contributed by atoms with Gasteiger partial charge in [-0.3, -0.25) is 4.99 Å². The minimum Gasteiger partial charge on any atom is -0.356 e. The molecule has 0 radical (unpaired) electrons. The Bertz CT molecular complexity index is 593. The molecule has 0 spiro atoms. The summed E-state index contributed by atoms with van der Waals surface area (Å²) in [6.45, 7) is 7.20. The third-order valence-corrected chi connectivity index (χ3v) is 5.00. The van der Waals surface area contributed by atoms with E-state index >= 15 is 0 Å². The first-order valence-corrected chi connectivity index (χ1v) is 9.90. The lowest BCUT2D eigenvalue weighted by Crippen LogP contribution is -2.44. The van der Waals surface area contributed by atoms with E-state index in [1.807, 2.05) is 0 Å². The molecule has 0 bridgehead atoms. The maximum Gasteiger partial charge on any atom is 0.416 e. The lowest BCUT2D eigenvalue weighted by molar-refractivity contribution is -0.137. The molecule has 158 valence electrons. The van der Waals surface area contributed by atoms with Crippen LogP contribution in [0.5, 0.6) is 0 Å². The van der Waals surface area contributed by atoms with Crippen LogP contribution < -0.4 is 10.6 Å². The molecule has 1 aliphatic rings. The van der Waals surface area contributed by atoms with Crippen molar-refractivity contribution in [3.63, 3.8) is 0 Å². The van der Waals surface area contributed by atoms with Crippen LogP contribution in [-0.4, -0.2) is 75.7 Å². The molecule has 1 saturated heterocycles. The Labute approximate surface area is 166 Å². The molecule has 0 atom stereocenters. The molecule has 0 amide bonds. The standard InChI is InChI=1S/C20H32F3N5/c1-24-19(25-10-3-4-12-28-15-13-27(2)14-16-28)26-11-9-17-5-7-18(8-6-17)20(21,22)23/h5-8H,3-4,9-16H2,1-2H3,(H2,24,25,26). The van der Waals surface area contributed by atoms with Gasteiger partial charge in [0.1, 0.15) is 0 Å². The van der Waals surface area contributed by atoms with E-state index in [9.17, 15) is 13.2 Å². The lowest BCUT2D eigenvalue weighted by atomic mass is 10.1. The zero-order valence-corrected chi connectivity index (χ0v) is 16.9. The average Bonchev–Trinajstić information content (AvgIpc) is 2.67. The van der Waals surface area contributed by atoms with Gasteiger partial charge in [-0.25, -0.2) is 0 Å². The van der Waals surface area contributed by atoms with Crippen molar-refractivity contribution in [3.05, 3.63) is 35.4 Å². The number of guanidine groups is 1. The molecule has 2 rings (SSSR count). The van der Waals surface area contributed by atoms with E-state index in [1.165, 1.54) is 12.1 Å². The third kappa shape index (κ3) is 8.06. The van der Waals surface area contributed by atoms with Gasteiger partial charge < -0.3 is 20.4 Å². The molecule has 8 heteroatoms. The Balaban J connectivity index is 1.57. The van der Waals surface area contributed by atoms with Crippen molar-refractivity contribution in [3.8, 4) is 0 Å². The largest absolute Gasteiger partial charge is 0.416 e. The normalized spacial score (nSPS) is 17.0. The van der Waals surface area contributed by atoms with Crippen molar-refractivity contribution in [2.24, 2.45) is 4.99 Å². The van der Waals surface area contributed by atoms with E-state index in [0.717, 1.165) is 75.8 Å². The maximum atomic E-state index is 12.6. The molecule has 1 fully saturated rings. The molecule has 0 saturated carbocycles. The Morgan fingerprint density at radius 3 is 2.25 bits per heavy atom. The lowest BCUT2D eigenvalue weighted by Gasteiger charge is -2.32. The first kappa shape index (κ1) is 22.5. The van der Waals surface area contributed by atoms with Gasteiger partial charge in [0.15, 0.2) is 5.96 Å². The van der Waals surface area contributed by atoms with Gasteiger partial charge in [-0.15, -0.1) is 0 Å². The zero-order valence-electron chi connectivity index (χ0n) is 16.9. The van der Waals surface area contributed by atoms with Gasteiger partial charge in [0, 0.05) is 46.3 Å². The minimum atomic E-state index is -4.28. The number of hydrogen-bond donors (Lipinski definition) is 2. The predicted molar refractivity (Wildman–Crippen MR) is 108 cm³/mol.